The van der Waals surface area contributed by atoms with Gasteiger partial charge in [-0.2, -0.15) is 0 Å². The van der Waals surface area contributed by atoms with Crippen LogP contribution in [0.2, 0.25) is 0 Å². The van der Waals surface area contributed by atoms with Crippen LogP contribution in [0, 0.1) is 0 Å². The van der Waals surface area contributed by atoms with E-state index in [9.17, 15) is 9.59 Å². The molecule has 2 aromatic carbocycles. The molecular weight excluding hydrogens is 452 g/mol. The van der Waals surface area contributed by atoms with Crippen LogP contribution in [0.5, 0.6) is 0 Å². The number of hydrogen-bond donors (Lipinski definition) is 1. The zero-order chi connectivity index (χ0) is 24.5. The second-order valence-corrected chi connectivity index (χ2v) is 7.72. The molecule has 2 heterocycles. The van der Waals surface area contributed by atoms with Gasteiger partial charge in [-0.15, -0.1) is 0 Å². The highest BCUT2D eigenvalue weighted by Crippen LogP contribution is 2.34. The molecule has 0 bridgehead atoms. The van der Waals surface area contributed by atoms with Gasteiger partial charge >= 0.3 is 6.16 Å². The maximum atomic E-state index is 12.5. The molecule has 1 N–H and O–H groups in total. The van der Waals surface area contributed by atoms with Crippen LogP contribution >= 0.6 is 0 Å². The van der Waals surface area contributed by atoms with E-state index in [4.69, 9.17) is 23.7 Å². The lowest BCUT2D eigenvalue weighted by Crippen LogP contribution is -2.15. The smallest absolute Gasteiger partial charge is 0.432 e. The molecule has 35 heavy (non-hydrogen) atoms. The highest BCUT2D eigenvalue weighted by molar-refractivity contribution is 6.35. The Morgan fingerprint density at radius 1 is 0.914 bits per heavy atom. The first-order valence-corrected chi connectivity index (χ1v) is 11.3. The van der Waals surface area contributed by atoms with Crippen LogP contribution in [0.1, 0.15) is 11.1 Å². The summed E-state index contributed by atoms with van der Waals surface area (Å²) in [7, 11) is 1.61. The molecule has 0 unspecified atom stereocenters. The van der Waals surface area contributed by atoms with Gasteiger partial charge in [0, 0.05) is 41.1 Å². The molecular formula is C26H28N2O7. The summed E-state index contributed by atoms with van der Waals surface area (Å²) in [6.45, 7) is 2.19. The van der Waals surface area contributed by atoms with Gasteiger partial charge in [0.1, 0.15) is 6.61 Å². The Labute approximate surface area is 203 Å². The van der Waals surface area contributed by atoms with Crippen molar-refractivity contribution in [1.82, 2.24) is 4.57 Å². The molecule has 9 heteroatoms. The Balaban J connectivity index is 1.32. The topological polar surface area (TPSA) is 97.2 Å². The quantitative estimate of drug-likeness (QED) is 0.238. The minimum absolute atomic E-state index is 0.0283. The maximum Gasteiger partial charge on any atom is 0.510 e. The first kappa shape index (κ1) is 24.5. The van der Waals surface area contributed by atoms with Crippen molar-refractivity contribution in [2.24, 2.45) is 0 Å². The van der Waals surface area contributed by atoms with Gasteiger partial charge in [0.15, 0.2) is 6.73 Å². The molecule has 1 aliphatic heterocycles. The predicted molar refractivity (Wildman–Crippen MR) is 131 cm³/mol. The molecule has 0 saturated carbocycles. The fraction of sp³-hybridized carbons (Fsp3) is 0.308. The third-order valence-corrected chi connectivity index (χ3v) is 5.40. The van der Waals surface area contributed by atoms with Crippen molar-refractivity contribution in [3.05, 3.63) is 65.9 Å². The third-order valence-electron chi connectivity index (χ3n) is 5.40. The summed E-state index contributed by atoms with van der Waals surface area (Å²) in [4.78, 5) is 24.5. The van der Waals surface area contributed by atoms with Gasteiger partial charge in [0.2, 0.25) is 0 Å². The molecule has 1 aromatic heterocycles. The number of hydrogen-bond acceptors (Lipinski definition) is 7. The molecule has 0 spiro atoms. The molecule has 0 aliphatic carbocycles. The van der Waals surface area contributed by atoms with Gasteiger partial charge in [-0.1, -0.05) is 36.4 Å². The average Bonchev–Trinajstić information content (AvgIpc) is 3.39. The van der Waals surface area contributed by atoms with Crippen molar-refractivity contribution >= 4 is 40.3 Å². The Bertz CT molecular complexity index is 1200. The summed E-state index contributed by atoms with van der Waals surface area (Å²) in [6, 6.07) is 15.3. The van der Waals surface area contributed by atoms with Crippen molar-refractivity contribution in [3.63, 3.8) is 0 Å². The largest absolute Gasteiger partial charge is 0.510 e. The third kappa shape index (κ3) is 6.27. The lowest BCUT2D eigenvalue weighted by molar-refractivity contribution is -0.110. The van der Waals surface area contributed by atoms with E-state index in [1.165, 1.54) is 0 Å². The van der Waals surface area contributed by atoms with Crippen LogP contribution in [-0.2, 0) is 35.2 Å². The number of methoxy groups -OCH3 is 1. The molecule has 184 valence electrons. The number of para-hydroxylation sites is 2. The van der Waals surface area contributed by atoms with Crippen LogP contribution in [0.3, 0.4) is 0 Å². The van der Waals surface area contributed by atoms with Crippen molar-refractivity contribution < 1.29 is 33.3 Å². The number of carbonyl (C=O) groups excluding carboxylic acids is 2. The minimum atomic E-state index is -0.785. The first-order chi connectivity index (χ1) is 17.2. The van der Waals surface area contributed by atoms with E-state index in [2.05, 4.69) is 5.32 Å². The van der Waals surface area contributed by atoms with Crippen molar-refractivity contribution in [2.45, 2.75) is 6.73 Å². The molecule has 9 nitrogen and oxygen atoms in total. The molecule has 1 amide bonds. The average molecular weight is 481 g/mol. The van der Waals surface area contributed by atoms with Gasteiger partial charge in [-0.05, 0) is 18.2 Å². The van der Waals surface area contributed by atoms with Crippen molar-refractivity contribution in [1.29, 1.82) is 0 Å². The zero-order valence-corrected chi connectivity index (χ0v) is 19.5. The number of carbonyl (C=O) groups is 2. The van der Waals surface area contributed by atoms with E-state index in [1.54, 1.807) is 11.7 Å². The summed E-state index contributed by atoms with van der Waals surface area (Å²) >= 11 is 0. The first-order valence-electron chi connectivity index (χ1n) is 11.3. The standard InChI is InChI=1S/C26H28N2O7/c1-31-10-11-32-12-13-33-14-15-34-26(30)35-18-28-17-19(20-6-3-5-9-24(20)28)16-22-21-7-2-4-8-23(21)27-25(22)29/h2-9,16-17H,10-15,18H2,1H3,(H,27,29). The summed E-state index contributed by atoms with van der Waals surface area (Å²) < 4.78 is 27.6. The number of benzene rings is 2. The maximum absolute atomic E-state index is 12.5. The molecule has 1 aliphatic rings. The second kappa shape index (κ2) is 12.2. The zero-order valence-electron chi connectivity index (χ0n) is 19.5. The normalized spacial score (nSPS) is 13.7. The fourth-order valence-corrected chi connectivity index (χ4v) is 3.75. The minimum Gasteiger partial charge on any atom is -0.432 e. The fourth-order valence-electron chi connectivity index (χ4n) is 3.75. The lowest BCUT2D eigenvalue weighted by atomic mass is 10.0. The lowest BCUT2D eigenvalue weighted by Gasteiger charge is -2.09. The van der Waals surface area contributed by atoms with E-state index in [0.717, 1.165) is 27.7 Å². The number of nitrogens with one attached hydrogen (secondary N) is 1. The predicted octanol–water partition coefficient (Wildman–Crippen LogP) is 3.92. The van der Waals surface area contributed by atoms with Crippen molar-refractivity contribution in [3.8, 4) is 0 Å². The van der Waals surface area contributed by atoms with E-state index in [1.807, 2.05) is 60.8 Å². The number of ether oxygens (including phenoxy) is 5. The number of nitrogens with zero attached hydrogens (tertiary/aromatic N) is 1. The molecule has 0 atom stereocenters. The van der Waals surface area contributed by atoms with Crippen LogP contribution in [-0.4, -0.2) is 63.4 Å². The van der Waals surface area contributed by atoms with E-state index >= 15 is 0 Å². The highest BCUT2D eigenvalue weighted by atomic mass is 16.7. The Kier molecular flexibility index (Phi) is 8.50. The van der Waals surface area contributed by atoms with Gasteiger partial charge in [-0.25, -0.2) is 4.79 Å². The Morgan fingerprint density at radius 3 is 2.46 bits per heavy atom. The molecule has 0 saturated heterocycles. The Hall–Kier alpha value is -3.66. The van der Waals surface area contributed by atoms with Gasteiger partial charge in [0.05, 0.1) is 38.6 Å². The summed E-state index contributed by atoms with van der Waals surface area (Å²) in [5, 5.41) is 3.82. The van der Waals surface area contributed by atoms with Gasteiger partial charge in [0.25, 0.3) is 5.91 Å². The van der Waals surface area contributed by atoms with Crippen LogP contribution in [0.4, 0.5) is 10.5 Å². The molecule has 0 radical (unpaired) electrons. The summed E-state index contributed by atoms with van der Waals surface area (Å²) in [5.74, 6) is -0.147. The number of fused-ring (bicyclic) bond motifs is 2. The summed E-state index contributed by atoms with van der Waals surface area (Å²) in [6.07, 6.45) is 2.92. The monoisotopic (exact) mass is 480 g/mol. The number of anilines is 1. The van der Waals surface area contributed by atoms with E-state index < -0.39 is 6.16 Å². The number of rotatable bonds is 12. The van der Waals surface area contributed by atoms with Gasteiger partial charge in [-0.3, -0.25) is 4.79 Å². The van der Waals surface area contributed by atoms with E-state index in [-0.39, 0.29) is 25.9 Å². The molecule has 3 aromatic rings. The van der Waals surface area contributed by atoms with Crippen molar-refractivity contribution in [2.75, 3.05) is 52.1 Å². The Morgan fingerprint density at radius 2 is 1.63 bits per heavy atom. The number of aromatic nitrogens is 1. The molecule has 0 fully saturated rings. The SMILES string of the molecule is COCCOCCOCCOC(=O)OCn1cc(C=C2C(=O)Nc3ccccc32)c2ccccc21. The van der Waals surface area contributed by atoms with Crippen LogP contribution in [0.25, 0.3) is 22.6 Å². The van der Waals surface area contributed by atoms with E-state index in [0.29, 0.717) is 32.0 Å². The summed E-state index contributed by atoms with van der Waals surface area (Å²) in [5.41, 5.74) is 3.96. The van der Waals surface area contributed by atoms with Crippen LogP contribution < -0.4 is 5.32 Å². The van der Waals surface area contributed by atoms with Gasteiger partial charge < -0.3 is 33.6 Å². The van der Waals surface area contributed by atoms with Crippen LogP contribution in [0.15, 0.2) is 54.7 Å². The molecule has 4 rings (SSSR count). The number of amides is 1. The second-order valence-electron chi connectivity index (χ2n) is 7.72. The highest BCUT2D eigenvalue weighted by Gasteiger charge is 2.24.